The molecular weight excluding hydrogens is 447 g/mol. The van der Waals surface area contributed by atoms with Crippen LogP contribution in [0, 0.1) is 5.82 Å². The number of para-hydroxylation sites is 1. The molecule has 0 unspecified atom stereocenters. The lowest BCUT2D eigenvalue weighted by Gasteiger charge is -2.14. The minimum atomic E-state index is -0.516. The van der Waals surface area contributed by atoms with Crippen LogP contribution in [0.5, 0.6) is 5.75 Å². The monoisotopic (exact) mass is 472 g/mol. The lowest BCUT2D eigenvalue weighted by Crippen LogP contribution is -2.44. The summed E-state index contributed by atoms with van der Waals surface area (Å²) in [4.78, 5) is 25.2. The van der Waals surface area contributed by atoms with Gasteiger partial charge in [-0.25, -0.2) is 9.07 Å². The van der Waals surface area contributed by atoms with E-state index in [1.807, 2.05) is 62.4 Å². The molecule has 4 rings (SSSR count). The number of ether oxygens (including phenoxy) is 1. The summed E-state index contributed by atoms with van der Waals surface area (Å²) in [5.41, 5.74) is 8.20. The second-order valence-corrected chi connectivity index (χ2v) is 8.14. The van der Waals surface area contributed by atoms with Gasteiger partial charge >= 0.3 is 0 Å². The third-order valence-electron chi connectivity index (χ3n) is 5.32. The Bertz CT molecular complexity index is 1320. The molecule has 178 valence electrons. The molecule has 35 heavy (non-hydrogen) atoms. The molecule has 4 aromatic rings. The van der Waals surface area contributed by atoms with Gasteiger partial charge in [-0.05, 0) is 41.8 Å². The van der Waals surface area contributed by atoms with Crippen LogP contribution in [0.1, 0.15) is 35.8 Å². The Kier molecular flexibility index (Phi) is 7.21. The second kappa shape index (κ2) is 10.6. The van der Waals surface area contributed by atoms with Crippen LogP contribution in [0.4, 0.5) is 4.39 Å². The molecule has 0 aliphatic heterocycles. The van der Waals surface area contributed by atoms with E-state index in [0.717, 1.165) is 11.1 Å². The minimum absolute atomic E-state index is 0.0585. The fraction of sp³-hybridized carbons (Fsp3) is 0.148. The van der Waals surface area contributed by atoms with Gasteiger partial charge in [0.1, 0.15) is 11.6 Å². The van der Waals surface area contributed by atoms with Crippen LogP contribution in [-0.2, 0) is 4.79 Å². The van der Waals surface area contributed by atoms with Crippen molar-refractivity contribution >= 4 is 11.8 Å². The number of nitrogens with one attached hydrogen (secondary N) is 2. The maximum atomic E-state index is 13.3. The molecule has 0 aliphatic carbocycles. The number of benzene rings is 3. The predicted octanol–water partition coefficient (Wildman–Crippen LogP) is 4.64. The number of aromatic nitrogens is 2. The molecule has 2 amide bonds. The summed E-state index contributed by atoms with van der Waals surface area (Å²) < 4.78 is 20.6. The Morgan fingerprint density at radius 1 is 0.943 bits per heavy atom. The van der Waals surface area contributed by atoms with E-state index in [2.05, 4.69) is 16.0 Å². The third kappa shape index (κ3) is 5.55. The molecule has 0 bridgehead atoms. The van der Waals surface area contributed by atoms with Crippen molar-refractivity contribution in [3.63, 3.8) is 0 Å². The molecule has 0 fully saturated rings. The van der Waals surface area contributed by atoms with Gasteiger partial charge in [-0.3, -0.25) is 20.4 Å². The first-order valence-corrected chi connectivity index (χ1v) is 11.1. The first-order chi connectivity index (χ1) is 16.9. The molecule has 7 nitrogen and oxygen atoms in total. The third-order valence-corrected chi connectivity index (χ3v) is 5.32. The van der Waals surface area contributed by atoms with E-state index in [9.17, 15) is 14.0 Å². The summed E-state index contributed by atoms with van der Waals surface area (Å²) in [6.45, 7) is 3.56. The average molecular weight is 473 g/mol. The highest BCUT2D eigenvalue weighted by molar-refractivity contribution is 5.96. The maximum Gasteiger partial charge on any atom is 0.276 e. The van der Waals surface area contributed by atoms with Crippen LogP contribution in [0.2, 0.25) is 0 Å². The van der Waals surface area contributed by atoms with Gasteiger partial charge in [0.15, 0.2) is 6.61 Å². The van der Waals surface area contributed by atoms with E-state index in [1.54, 1.807) is 22.9 Å². The summed E-state index contributed by atoms with van der Waals surface area (Å²) in [5.74, 6) is -0.890. The van der Waals surface area contributed by atoms with Crippen LogP contribution < -0.4 is 15.6 Å². The van der Waals surface area contributed by atoms with E-state index in [4.69, 9.17) is 4.74 Å². The molecule has 0 atom stereocenters. The van der Waals surface area contributed by atoms with E-state index in [-0.39, 0.29) is 18.3 Å². The number of rotatable bonds is 7. The van der Waals surface area contributed by atoms with Crippen molar-refractivity contribution < 1.29 is 18.7 Å². The zero-order valence-corrected chi connectivity index (χ0v) is 19.4. The highest BCUT2D eigenvalue weighted by Gasteiger charge is 2.21. The van der Waals surface area contributed by atoms with Crippen molar-refractivity contribution in [1.29, 1.82) is 0 Å². The van der Waals surface area contributed by atoms with Gasteiger partial charge in [0.2, 0.25) is 0 Å². The summed E-state index contributed by atoms with van der Waals surface area (Å²) in [6, 6.07) is 23.0. The number of hydrazine groups is 1. The van der Waals surface area contributed by atoms with E-state index in [1.165, 1.54) is 18.3 Å². The first-order valence-electron chi connectivity index (χ1n) is 11.1. The quantitative estimate of drug-likeness (QED) is 0.384. The molecule has 0 aliphatic rings. The van der Waals surface area contributed by atoms with Gasteiger partial charge in [-0.1, -0.05) is 62.4 Å². The van der Waals surface area contributed by atoms with Crippen molar-refractivity contribution in [2.75, 3.05) is 6.61 Å². The molecule has 0 saturated heterocycles. The van der Waals surface area contributed by atoms with Crippen LogP contribution in [0.15, 0.2) is 85.1 Å². The Morgan fingerprint density at radius 3 is 2.34 bits per heavy atom. The Hall–Kier alpha value is -4.46. The van der Waals surface area contributed by atoms with Crippen molar-refractivity contribution in [2.24, 2.45) is 0 Å². The zero-order valence-electron chi connectivity index (χ0n) is 19.4. The molecule has 0 radical (unpaired) electrons. The molecule has 3 aromatic carbocycles. The smallest absolute Gasteiger partial charge is 0.276 e. The fourth-order valence-electron chi connectivity index (χ4n) is 3.70. The Balaban J connectivity index is 1.40. The van der Waals surface area contributed by atoms with Gasteiger partial charge < -0.3 is 4.74 Å². The minimum Gasteiger partial charge on any atom is -0.483 e. The van der Waals surface area contributed by atoms with Gasteiger partial charge in [0, 0.05) is 5.56 Å². The maximum absolute atomic E-state index is 13.3. The molecule has 0 spiro atoms. The summed E-state index contributed by atoms with van der Waals surface area (Å²) in [5, 5.41) is 4.30. The van der Waals surface area contributed by atoms with Crippen molar-refractivity contribution in [1.82, 2.24) is 20.6 Å². The van der Waals surface area contributed by atoms with E-state index >= 15 is 0 Å². The van der Waals surface area contributed by atoms with Crippen LogP contribution in [0.3, 0.4) is 0 Å². The summed E-state index contributed by atoms with van der Waals surface area (Å²) in [7, 11) is 0. The van der Waals surface area contributed by atoms with E-state index < -0.39 is 11.8 Å². The Labute approximate surface area is 202 Å². The molecule has 8 heteroatoms. The van der Waals surface area contributed by atoms with Gasteiger partial charge in [0.05, 0.1) is 23.1 Å². The zero-order chi connectivity index (χ0) is 24.8. The van der Waals surface area contributed by atoms with Crippen molar-refractivity contribution in [2.45, 2.75) is 19.8 Å². The second-order valence-electron chi connectivity index (χ2n) is 8.14. The normalized spacial score (nSPS) is 10.7. The van der Waals surface area contributed by atoms with Crippen LogP contribution in [0.25, 0.3) is 16.8 Å². The number of carbonyl (C=O) groups is 2. The molecule has 1 aromatic heterocycles. The standard InChI is InChI=1S/C27H25FN4O3/c1-18(2)26-23(16-29-32(26)21-14-12-20(28)13-15-21)27(34)31-30-25(33)17-35-24-11-7-6-10-22(24)19-8-4-3-5-9-19/h3-16,18H,17H2,1-2H3,(H,30,33)(H,31,34). The molecule has 0 saturated carbocycles. The first kappa shape index (κ1) is 23.7. The van der Waals surface area contributed by atoms with Crippen LogP contribution >= 0.6 is 0 Å². The topological polar surface area (TPSA) is 85.2 Å². The largest absolute Gasteiger partial charge is 0.483 e. The molecule has 1 heterocycles. The SMILES string of the molecule is CC(C)c1c(C(=O)NNC(=O)COc2ccccc2-c2ccccc2)cnn1-c1ccc(F)cc1. The van der Waals surface area contributed by atoms with Crippen molar-refractivity contribution in [3.8, 4) is 22.6 Å². The lowest BCUT2D eigenvalue weighted by molar-refractivity contribution is -0.123. The average Bonchev–Trinajstić information content (AvgIpc) is 3.33. The highest BCUT2D eigenvalue weighted by Crippen LogP contribution is 2.29. The fourth-order valence-corrected chi connectivity index (χ4v) is 3.70. The van der Waals surface area contributed by atoms with Crippen molar-refractivity contribution in [3.05, 3.63) is 102 Å². The Morgan fingerprint density at radius 2 is 1.63 bits per heavy atom. The molecular formula is C27H25FN4O3. The lowest BCUT2D eigenvalue weighted by atomic mass is 10.1. The number of amides is 2. The highest BCUT2D eigenvalue weighted by atomic mass is 19.1. The number of nitrogens with zero attached hydrogens (tertiary/aromatic N) is 2. The van der Waals surface area contributed by atoms with Crippen LogP contribution in [-0.4, -0.2) is 28.2 Å². The van der Waals surface area contributed by atoms with Gasteiger partial charge in [-0.15, -0.1) is 0 Å². The van der Waals surface area contributed by atoms with E-state index in [0.29, 0.717) is 22.7 Å². The number of hydrogen-bond donors (Lipinski definition) is 2. The van der Waals surface area contributed by atoms with Gasteiger partial charge in [-0.2, -0.15) is 5.10 Å². The summed E-state index contributed by atoms with van der Waals surface area (Å²) >= 11 is 0. The number of carbonyl (C=O) groups excluding carboxylic acids is 2. The van der Waals surface area contributed by atoms with Gasteiger partial charge in [0.25, 0.3) is 11.8 Å². The summed E-state index contributed by atoms with van der Waals surface area (Å²) in [6.07, 6.45) is 1.42. The predicted molar refractivity (Wildman–Crippen MR) is 131 cm³/mol. The molecule has 2 N–H and O–H groups in total. The number of halogens is 1. The number of hydrogen-bond acceptors (Lipinski definition) is 4.